The van der Waals surface area contributed by atoms with E-state index in [9.17, 15) is 0 Å². The summed E-state index contributed by atoms with van der Waals surface area (Å²) >= 11 is 0. The molecule has 2 aliphatic rings. The van der Waals surface area contributed by atoms with Crippen LogP contribution in [0.4, 0.5) is 0 Å². The van der Waals surface area contributed by atoms with Crippen LogP contribution in [0, 0.1) is 0 Å². The number of ether oxygens (including phenoxy) is 1. The van der Waals surface area contributed by atoms with Gasteiger partial charge in [0.1, 0.15) is 5.52 Å². The van der Waals surface area contributed by atoms with Crippen molar-refractivity contribution in [1.82, 2.24) is 20.3 Å². The van der Waals surface area contributed by atoms with Gasteiger partial charge in [0.05, 0.1) is 11.9 Å². The third-order valence-electron chi connectivity index (χ3n) is 4.57. The Balaban J connectivity index is 0.000000882. The zero-order valence-electron chi connectivity index (χ0n) is 12.4. The minimum atomic E-state index is 0. The standard InChI is InChI=1S/C15H20N4O.2ClH/c1-4-16-7-11(1)12-8-17-15-14(12)19-13(9-18-15)10-2-5-20-6-3-10;;/h8-11,16H,1-7H2,(H,17,18);2*1H/t11-;;/m0../s1. The van der Waals surface area contributed by atoms with Crippen LogP contribution in [-0.2, 0) is 4.74 Å². The highest BCUT2D eigenvalue weighted by molar-refractivity contribution is 5.85. The van der Waals surface area contributed by atoms with Crippen molar-refractivity contribution in [1.29, 1.82) is 0 Å². The van der Waals surface area contributed by atoms with Gasteiger partial charge < -0.3 is 15.0 Å². The predicted molar refractivity (Wildman–Crippen MR) is 91.4 cm³/mol. The van der Waals surface area contributed by atoms with Crippen molar-refractivity contribution in [2.24, 2.45) is 0 Å². The Bertz CT molecular complexity index is 607. The third kappa shape index (κ3) is 3.23. The summed E-state index contributed by atoms with van der Waals surface area (Å²) in [5.74, 6) is 1.08. The zero-order chi connectivity index (χ0) is 13.4. The molecule has 2 fully saturated rings. The molecule has 2 saturated heterocycles. The lowest BCUT2D eigenvalue weighted by Gasteiger charge is -2.21. The van der Waals surface area contributed by atoms with E-state index in [0.717, 1.165) is 56.0 Å². The third-order valence-corrected chi connectivity index (χ3v) is 4.57. The topological polar surface area (TPSA) is 62.8 Å². The smallest absolute Gasteiger partial charge is 0.156 e. The van der Waals surface area contributed by atoms with Crippen LogP contribution in [0.1, 0.15) is 42.4 Å². The van der Waals surface area contributed by atoms with Gasteiger partial charge in [-0.15, -0.1) is 24.8 Å². The van der Waals surface area contributed by atoms with Gasteiger partial charge in [0.2, 0.25) is 0 Å². The van der Waals surface area contributed by atoms with E-state index in [-0.39, 0.29) is 24.8 Å². The number of nitrogens with one attached hydrogen (secondary N) is 2. The van der Waals surface area contributed by atoms with Gasteiger partial charge in [-0.05, 0) is 25.8 Å². The molecule has 1 atom stereocenters. The van der Waals surface area contributed by atoms with Crippen molar-refractivity contribution in [3.63, 3.8) is 0 Å². The average Bonchev–Trinajstić information content (AvgIpc) is 3.16. The van der Waals surface area contributed by atoms with E-state index in [1.165, 1.54) is 12.0 Å². The lowest BCUT2D eigenvalue weighted by molar-refractivity contribution is 0.0845. The minimum absolute atomic E-state index is 0. The molecule has 2 aliphatic heterocycles. The van der Waals surface area contributed by atoms with Gasteiger partial charge in [-0.1, -0.05) is 0 Å². The molecule has 22 heavy (non-hydrogen) atoms. The number of aromatic amines is 1. The molecule has 0 spiro atoms. The first-order valence-corrected chi connectivity index (χ1v) is 7.54. The number of fused-ring (bicyclic) bond motifs is 1. The van der Waals surface area contributed by atoms with E-state index in [1.807, 2.05) is 6.20 Å². The van der Waals surface area contributed by atoms with Crippen molar-refractivity contribution in [3.05, 3.63) is 23.7 Å². The maximum absolute atomic E-state index is 5.44. The molecule has 2 N–H and O–H groups in total. The second-order valence-corrected chi connectivity index (χ2v) is 5.81. The zero-order valence-corrected chi connectivity index (χ0v) is 14.0. The lowest BCUT2D eigenvalue weighted by Crippen LogP contribution is -2.15. The number of halogens is 2. The summed E-state index contributed by atoms with van der Waals surface area (Å²) in [7, 11) is 0. The fourth-order valence-electron chi connectivity index (χ4n) is 3.35. The first kappa shape index (κ1) is 17.5. The molecular weight excluding hydrogens is 323 g/mol. The number of rotatable bonds is 2. The van der Waals surface area contributed by atoms with Crippen LogP contribution in [-0.4, -0.2) is 41.3 Å². The van der Waals surface area contributed by atoms with Gasteiger partial charge in [-0.25, -0.2) is 9.97 Å². The van der Waals surface area contributed by atoms with Gasteiger partial charge >= 0.3 is 0 Å². The van der Waals surface area contributed by atoms with Crippen molar-refractivity contribution >= 4 is 36.0 Å². The molecule has 0 unspecified atom stereocenters. The summed E-state index contributed by atoms with van der Waals surface area (Å²) < 4.78 is 5.44. The van der Waals surface area contributed by atoms with Crippen LogP contribution < -0.4 is 5.32 Å². The van der Waals surface area contributed by atoms with Crippen molar-refractivity contribution < 1.29 is 4.74 Å². The fraction of sp³-hybridized carbons (Fsp3) is 0.600. The minimum Gasteiger partial charge on any atom is -0.381 e. The van der Waals surface area contributed by atoms with E-state index in [1.54, 1.807) is 0 Å². The lowest BCUT2D eigenvalue weighted by atomic mass is 9.96. The van der Waals surface area contributed by atoms with Crippen molar-refractivity contribution in [2.45, 2.75) is 31.1 Å². The Morgan fingerprint density at radius 2 is 1.91 bits per heavy atom. The molecule has 7 heteroatoms. The summed E-state index contributed by atoms with van der Waals surface area (Å²) in [6, 6.07) is 0. The first-order valence-electron chi connectivity index (χ1n) is 7.54. The monoisotopic (exact) mass is 344 g/mol. The molecule has 0 radical (unpaired) electrons. The second-order valence-electron chi connectivity index (χ2n) is 5.81. The molecule has 5 nitrogen and oxygen atoms in total. The van der Waals surface area contributed by atoms with Gasteiger partial charge in [0, 0.05) is 43.4 Å². The fourth-order valence-corrected chi connectivity index (χ4v) is 3.35. The summed E-state index contributed by atoms with van der Waals surface area (Å²) in [4.78, 5) is 12.8. The second kappa shape index (κ2) is 7.59. The summed E-state index contributed by atoms with van der Waals surface area (Å²) in [6.45, 7) is 3.84. The van der Waals surface area contributed by atoms with E-state index >= 15 is 0 Å². The molecule has 4 rings (SSSR count). The van der Waals surface area contributed by atoms with Crippen LogP contribution in [0.25, 0.3) is 11.2 Å². The van der Waals surface area contributed by atoms with Crippen LogP contribution in [0.2, 0.25) is 0 Å². The van der Waals surface area contributed by atoms with Crippen LogP contribution in [0.5, 0.6) is 0 Å². The Hall–Kier alpha value is -0.880. The van der Waals surface area contributed by atoms with Crippen molar-refractivity contribution in [2.75, 3.05) is 26.3 Å². The van der Waals surface area contributed by atoms with E-state index in [0.29, 0.717) is 11.8 Å². The predicted octanol–water partition coefficient (Wildman–Crippen LogP) is 2.77. The Labute approximate surface area is 142 Å². The number of nitrogens with zero attached hydrogens (tertiary/aromatic N) is 2. The van der Waals surface area contributed by atoms with E-state index < -0.39 is 0 Å². The maximum atomic E-state index is 5.44. The van der Waals surface area contributed by atoms with Crippen molar-refractivity contribution in [3.8, 4) is 0 Å². The van der Waals surface area contributed by atoms with Gasteiger partial charge in [0.25, 0.3) is 0 Å². The highest BCUT2D eigenvalue weighted by Gasteiger charge is 2.23. The largest absolute Gasteiger partial charge is 0.381 e. The molecule has 2 aromatic heterocycles. The number of hydrogen-bond acceptors (Lipinski definition) is 4. The van der Waals surface area contributed by atoms with Gasteiger partial charge in [0.15, 0.2) is 5.65 Å². The van der Waals surface area contributed by atoms with Gasteiger partial charge in [-0.2, -0.15) is 0 Å². The van der Waals surface area contributed by atoms with Gasteiger partial charge in [-0.3, -0.25) is 0 Å². The molecular formula is C15H22Cl2N4O. The quantitative estimate of drug-likeness (QED) is 0.879. The maximum Gasteiger partial charge on any atom is 0.156 e. The molecule has 4 heterocycles. The summed E-state index contributed by atoms with van der Waals surface area (Å²) in [5, 5.41) is 3.42. The first-order chi connectivity index (χ1) is 9.92. The molecule has 2 aromatic rings. The molecule has 0 amide bonds. The van der Waals surface area contributed by atoms with E-state index in [2.05, 4.69) is 21.5 Å². The van der Waals surface area contributed by atoms with Crippen LogP contribution >= 0.6 is 24.8 Å². The van der Waals surface area contributed by atoms with E-state index in [4.69, 9.17) is 9.72 Å². The summed E-state index contributed by atoms with van der Waals surface area (Å²) in [5.41, 5.74) is 4.45. The summed E-state index contributed by atoms with van der Waals surface area (Å²) in [6.07, 6.45) is 7.34. The van der Waals surface area contributed by atoms with Crippen LogP contribution in [0.3, 0.4) is 0 Å². The highest BCUT2D eigenvalue weighted by Crippen LogP contribution is 2.30. The Kier molecular flexibility index (Phi) is 6.03. The molecule has 0 saturated carbocycles. The molecule has 0 bridgehead atoms. The highest BCUT2D eigenvalue weighted by atomic mass is 35.5. The van der Waals surface area contributed by atoms with Crippen LogP contribution in [0.15, 0.2) is 12.4 Å². The SMILES string of the molecule is Cl.Cl.c1nc2[nH]cc([C@H]3CCNC3)c2nc1C1CCOCC1. The Morgan fingerprint density at radius 1 is 1.09 bits per heavy atom. The number of aromatic nitrogens is 3. The number of hydrogen-bond donors (Lipinski definition) is 2. The average molecular weight is 345 g/mol. The Morgan fingerprint density at radius 3 is 2.64 bits per heavy atom. The molecule has 0 aliphatic carbocycles. The molecule has 0 aromatic carbocycles. The normalized spacial score (nSPS) is 22.3. The number of H-pyrrole nitrogens is 1. The molecule has 122 valence electrons.